The van der Waals surface area contributed by atoms with Gasteiger partial charge in [0.2, 0.25) is 0 Å². The fourth-order valence-corrected chi connectivity index (χ4v) is 3.52. The molecule has 3 heterocycles. The van der Waals surface area contributed by atoms with Crippen LogP contribution in [0.3, 0.4) is 0 Å². The molecule has 1 aliphatic heterocycles. The lowest BCUT2D eigenvalue weighted by molar-refractivity contribution is -0.0422. The zero-order valence-corrected chi connectivity index (χ0v) is 17.6. The van der Waals surface area contributed by atoms with E-state index < -0.39 is 18.4 Å². The molecule has 1 fully saturated rings. The molecular formula is C22H25N5O4. The van der Waals surface area contributed by atoms with Gasteiger partial charge in [-0.05, 0) is 23.1 Å². The molecule has 3 N–H and O–H groups in total. The van der Waals surface area contributed by atoms with Gasteiger partial charge in [0.05, 0.1) is 12.9 Å². The molecule has 4 rings (SSSR count). The predicted molar refractivity (Wildman–Crippen MR) is 115 cm³/mol. The highest BCUT2D eigenvalue weighted by Crippen LogP contribution is 2.35. The van der Waals surface area contributed by atoms with Gasteiger partial charge in [-0.1, -0.05) is 39.5 Å². The topological polar surface area (TPSA) is 122 Å². The number of ether oxygens (including phenoxy) is 1. The van der Waals surface area contributed by atoms with Gasteiger partial charge in [0.25, 0.3) is 5.91 Å². The highest BCUT2D eigenvalue weighted by atomic mass is 16.5. The van der Waals surface area contributed by atoms with Crippen LogP contribution in [0.25, 0.3) is 11.2 Å². The van der Waals surface area contributed by atoms with Crippen LogP contribution in [0.5, 0.6) is 0 Å². The summed E-state index contributed by atoms with van der Waals surface area (Å²) in [6.07, 6.45) is 0.295. The number of rotatable bonds is 4. The lowest BCUT2D eigenvalue weighted by atomic mass is 9.87. The molecule has 0 aliphatic carbocycles. The van der Waals surface area contributed by atoms with Crippen LogP contribution in [-0.2, 0) is 10.2 Å². The Hall–Kier alpha value is -3.14. The van der Waals surface area contributed by atoms with Crippen molar-refractivity contribution in [2.24, 2.45) is 0 Å². The van der Waals surface area contributed by atoms with Crippen LogP contribution < -0.4 is 5.32 Å². The third kappa shape index (κ3) is 3.83. The summed E-state index contributed by atoms with van der Waals surface area (Å²) >= 11 is 0. The van der Waals surface area contributed by atoms with Crippen molar-refractivity contribution in [2.75, 3.05) is 11.9 Å². The second-order valence-electron chi connectivity index (χ2n) is 8.56. The molecule has 1 aromatic carbocycles. The first kappa shape index (κ1) is 21.1. The summed E-state index contributed by atoms with van der Waals surface area (Å²) in [4.78, 5) is 25.5. The lowest BCUT2D eigenvalue weighted by Crippen LogP contribution is -2.25. The number of carbonyl (C=O) groups excluding carboxylic acids is 1. The second kappa shape index (κ2) is 7.84. The van der Waals surface area contributed by atoms with Crippen molar-refractivity contribution >= 4 is 22.9 Å². The van der Waals surface area contributed by atoms with E-state index in [1.807, 2.05) is 12.1 Å². The Kier molecular flexibility index (Phi) is 5.34. The van der Waals surface area contributed by atoms with Crippen molar-refractivity contribution in [3.8, 4) is 0 Å². The minimum atomic E-state index is -0.996. The number of aromatic nitrogens is 4. The van der Waals surface area contributed by atoms with E-state index in [-0.39, 0.29) is 23.7 Å². The third-order valence-corrected chi connectivity index (χ3v) is 5.39. The van der Waals surface area contributed by atoms with Gasteiger partial charge in [-0.3, -0.25) is 9.36 Å². The molecule has 9 heteroatoms. The van der Waals surface area contributed by atoms with Crippen molar-refractivity contribution in [3.63, 3.8) is 0 Å². The monoisotopic (exact) mass is 423 g/mol. The zero-order valence-electron chi connectivity index (χ0n) is 17.6. The van der Waals surface area contributed by atoms with Crippen LogP contribution in [0.1, 0.15) is 42.9 Å². The zero-order chi connectivity index (χ0) is 22.3. The fraction of sp³-hybridized carbons (Fsp3) is 0.364. The minimum absolute atomic E-state index is 0.00438. The number of nitrogens with one attached hydrogen (secondary N) is 1. The number of carbonyl (C=O) groups is 1. The largest absolute Gasteiger partial charge is 0.394 e. The van der Waals surface area contributed by atoms with E-state index in [1.165, 1.54) is 12.7 Å². The molecule has 0 bridgehead atoms. The van der Waals surface area contributed by atoms with Crippen LogP contribution in [0.15, 0.2) is 49.1 Å². The summed E-state index contributed by atoms with van der Waals surface area (Å²) in [6.45, 7) is 9.86. The van der Waals surface area contributed by atoms with E-state index in [1.54, 1.807) is 16.7 Å². The van der Waals surface area contributed by atoms with E-state index in [9.17, 15) is 15.0 Å². The molecule has 31 heavy (non-hydrogen) atoms. The van der Waals surface area contributed by atoms with Crippen molar-refractivity contribution in [1.82, 2.24) is 19.5 Å². The maximum absolute atomic E-state index is 12.8. The maximum atomic E-state index is 12.8. The molecule has 1 unspecified atom stereocenters. The van der Waals surface area contributed by atoms with Gasteiger partial charge in [-0.25, -0.2) is 15.0 Å². The Bertz CT molecular complexity index is 1130. The Morgan fingerprint density at radius 3 is 2.55 bits per heavy atom. The second-order valence-corrected chi connectivity index (χ2v) is 8.56. The minimum Gasteiger partial charge on any atom is -0.394 e. The molecule has 1 saturated heterocycles. The van der Waals surface area contributed by atoms with Gasteiger partial charge >= 0.3 is 0 Å². The van der Waals surface area contributed by atoms with Gasteiger partial charge in [0, 0.05) is 11.1 Å². The lowest BCUT2D eigenvalue weighted by Gasteiger charge is -2.19. The first-order valence-electron chi connectivity index (χ1n) is 9.93. The van der Waals surface area contributed by atoms with Crippen LogP contribution in [0, 0.1) is 0 Å². The number of anilines is 1. The maximum Gasteiger partial charge on any atom is 0.256 e. The number of imidazole rings is 1. The van der Waals surface area contributed by atoms with Crippen LogP contribution in [0.4, 0.5) is 5.82 Å². The number of nitrogens with zero attached hydrogens (tertiary/aromatic N) is 4. The average molecular weight is 423 g/mol. The van der Waals surface area contributed by atoms with E-state index in [4.69, 9.17) is 4.74 Å². The van der Waals surface area contributed by atoms with Crippen molar-refractivity contribution in [1.29, 1.82) is 0 Å². The molecule has 3 aromatic rings. The Morgan fingerprint density at radius 2 is 1.94 bits per heavy atom. The fourth-order valence-electron chi connectivity index (χ4n) is 3.52. The Labute approximate surface area is 179 Å². The first-order valence-corrected chi connectivity index (χ1v) is 9.93. The smallest absolute Gasteiger partial charge is 0.256 e. The van der Waals surface area contributed by atoms with Crippen LogP contribution >= 0.6 is 0 Å². The van der Waals surface area contributed by atoms with Gasteiger partial charge in [-0.2, -0.15) is 0 Å². The van der Waals surface area contributed by atoms with E-state index in [0.717, 1.165) is 5.56 Å². The van der Waals surface area contributed by atoms with Gasteiger partial charge in [-0.15, -0.1) is 0 Å². The normalized spacial score (nSPS) is 21.6. The highest BCUT2D eigenvalue weighted by molar-refractivity contribution is 6.06. The molecule has 0 saturated carbocycles. The molecule has 2 aromatic heterocycles. The number of benzene rings is 1. The summed E-state index contributed by atoms with van der Waals surface area (Å²) in [5, 5.41) is 22.3. The molecule has 1 aliphatic rings. The van der Waals surface area contributed by atoms with Gasteiger partial charge < -0.3 is 20.3 Å². The quantitative estimate of drug-likeness (QED) is 0.550. The number of aliphatic hydroxyl groups is 2. The van der Waals surface area contributed by atoms with E-state index in [2.05, 4.69) is 47.6 Å². The van der Waals surface area contributed by atoms with E-state index in [0.29, 0.717) is 22.3 Å². The third-order valence-electron chi connectivity index (χ3n) is 5.39. The summed E-state index contributed by atoms with van der Waals surface area (Å²) in [5.74, 6) is -0.0520. The SMILES string of the molecule is C=C1C(O)[C@@H](CO)O[C@H]1n1cnc2c(NC(=O)c3ccc(C(C)(C)C)cc3)ncnc21. The number of hydrogen-bond donors (Lipinski definition) is 3. The summed E-state index contributed by atoms with van der Waals surface area (Å²) in [5.41, 5.74) is 2.80. The van der Waals surface area contributed by atoms with Crippen LogP contribution in [-0.4, -0.2) is 54.5 Å². The molecule has 3 atom stereocenters. The van der Waals surface area contributed by atoms with Gasteiger partial charge in [0.15, 0.2) is 23.2 Å². The molecule has 9 nitrogen and oxygen atoms in total. The summed E-state index contributed by atoms with van der Waals surface area (Å²) in [7, 11) is 0. The first-order chi connectivity index (χ1) is 14.7. The van der Waals surface area contributed by atoms with E-state index >= 15 is 0 Å². The van der Waals surface area contributed by atoms with Crippen molar-refractivity contribution < 1.29 is 19.7 Å². The molecular weight excluding hydrogens is 398 g/mol. The molecule has 0 radical (unpaired) electrons. The number of fused-ring (bicyclic) bond motifs is 1. The molecule has 1 amide bonds. The average Bonchev–Trinajstić information content (AvgIpc) is 3.29. The predicted octanol–water partition coefficient (Wildman–Crippen LogP) is 2.18. The molecule has 0 spiro atoms. The standard InChI is InChI=1S/C22H25N5O4/c1-12-17(29)15(9-28)31-21(12)27-11-25-16-18(23-10-24-19(16)27)26-20(30)13-5-7-14(8-6-13)22(2,3)4/h5-8,10-11,15,17,21,28-29H,1,9H2,2-4H3,(H,23,24,26,30)/t15-,17?,21-/m1/s1. The highest BCUT2D eigenvalue weighted by Gasteiger charge is 2.39. The number of aliphatic hydroxyl groups excluding tert-OH is 2. The van der Waals surface area contributed by atoms with Crippen molar-refractivity contribution in [3.05, 3.63) is 60.2 Å². The Balaban J connectivity index is 1.60. The Morgan fingerprint density at radius 1 is 1.23 bits per heavy atom. The summed E-state index contributed by atoms with van der Waals surface area (Å²) in [6, 6.07) is 7.43. The van der Waals surface area contributed by atoms with Crippen molar-refractivity contribution in [2.45, 2.75) is 44.6 Å². The van der Waals surface area contributed by atoms with Gasteiger partial charge in [0.1, 0.15) is 18.5 Å². The van der Waals surface area contributed by atoms with Crippen LogP contribution in [0.2, 0.25) is 0 Å². The number of hydrogen-bond acceptors (Lipinski definition) is 7. The molecule has 162 valence electrons. The summed E-state index contributed by atoms with van der Waals surface area (Å²) < 4.78 is 7.28. The number of amides is 1.